The first-order valence-corrected chi connectivity index (χ1v) is 8.24. The minimum absolute atomic E-state index is 0.112. The molecule has 24 heavy (non-hydrogen) atoms. The number of hydrogen-bond acceptors (Lipinski definition) is 6. The minimum Gasteiger partial charge on any atom is -0.295 e. The van der Waals surface area contributed by atoms with Crippen LogP contribution in [0.15, 0.2) is 47.3 Å². The number of anilines is 1. The molecule has 0 saturated heterocycles. The molecule has 2 N–H and O–H groups in total. The Kier molecular flexibility index (Phi) is 4.76. The first-order chi connectivity index (χ1) is 11.7. The van der Waals surface area contributed by atoms with Crippen LogP contribution in [0, 0.1) is 0 Å². The number of nitrogens with one attached hydrogen (secondary N) is 2. The fraction of sp³-hybridized carbons (Fsp3) is 0.188. The van der Waals surface area contributed by atoms with Gasteiger partial charge in [0.25, 0.3) is 11.5 Å². The monoisotopic (exact) mass is 341 g/mol. The number of carbonyl (C=O) groups is 1. The fourth-order valence-electron chi connectivity index (χ4n) is 2.30. The number of nitrogens with zero attached hydrogens (tertiary/aromatic N) is 3. The highest BCUT2D eigenvalue weighted by atomic mass is 32.1. The van der Waals surface area contributed by atoms with Gasteiger partial charge in [0.05, 0.1) is 0 Å². The molecule has 8 heteroatoms. The highest BCUT2D eigenvalue weighted by Gasteiger charge is 2.18. The van der Waals surface area contributed by atoms with Crippen molar-refractivity contribution < 1.29 is 4.79 Å². The number of aromatic nitrogens is 4. The van der Waals surface area contributed by atoms with Gasteiger partial charge in [0, 0.05) is 12.0 Å². The molecule has 7 nitrogen and oxygen atoms in total. The second-order valence-corrected chi connectivity index (χ2v) is 6.09. The molecular weight excluding hydrogens is 326 g/mol. The average molecular weight is 341 g/mol. The lowest BCUT2D eigenvalue weighted by Crippen LogP contribution is -2.17. The van der Waals surface area contributed by atoms with Crippen molar-refractivity contribution in [1.29, 1.82) is 0 Å². The maximum atomic E-state index is 12.1. The van der Waals surface area contributed by atoms with Crippen molar-refractivity contribution >= 4 is 22.4 Å². The van der Waals surface area contributed by atoms with Gasteiger partial charge in [-0.1, -0.05) is 48.6 Å². The SMILES string of the molecule is CC[C@H](c1ccccc1)c1nnc(NC(=O)c2ccc(=O)[nH]n2)s1. The Hall–Kier alpha value is -2.87. The van der Waals surface area contributed by atoms with E-state index in [2.05, 4.69) is 44.8 Å². The summed E-state index contributed by atoms with van der Waals surface area (Å²) in [4.78, 5) is 23.1. The summed E-state index contributed by atoms with van der Waals surface area (Å²) in [6.07, 6.45) is 0.883. The first-order valence-electron chi connectivity index (χ1n) is 7.42. The van der Waals surface area contributed by atoms with Gasteiger partial charge in [-0.15, -0.1) is 10.2 Å². The third-order valence-electron chi connectivity index (χ3n) is 3.48. The standard InChI is InChI=1S/C16H15N5O2S/c1-2-11(10-6-4-3-5-7-10)15-20-21-16(24-15)17-14(23)12-8-9-13(22)19-18-12/h3-9,11H,2H2,1H3,(H,19,22)(H,17,21,23)/t11-/m1/s1. The van der Waals surface area contributed by atoms with Crippen LogP contribution in [0.3, 0.4) is 0 Å². The lowest BCUT2D eigenvalue weighted by atomic mass is 9.97. The van der Waals surface area contributed by atoms with Crippen LogP contribution in [0.25, 0.3) is 0 Å². The van der Waals surface area contributed by atoms with E-state index >= 15 is 0 Å². The number of amides is 1. The molecule has 0 aliphatic rings. The number of H-pyrrole nitrogens is 1. The smallest absolute Gasteiger partial charge is 0.277 e. The van der Waals surface area contributed by atoms with Crippen LogP contribution < -0.4 is 10.9 Å². The predicted octanol–water partition coefficient (Wildman–Crippen LogP) is 2.42. The van der Waals surface area contributed by atoms with E-state index in [9.17, 15) is 9.59 Å². The van der Waals surface area contributed by atoms with Crippen LogP contribution >= 0.6 is 11.3 Å². The molecule has 122 valence electrons. The van der Waals surface area contributed by atoms with Crippen molar-refractivity contribution in [3.8, 4) is 0 Å². The van der Waals surface area contributed by atoms with E-state index in [1.165, 1.54) is 23.5 Å². The van der Waals surface area contributed by atoms with Crippen molar-refractivity contribution in [2.75, 3.05) is 5.32 Å². The average Bonchev–Trinajstić information content (AvgIpc) is 3.05. The number of rotatable bonds is 5. The van der Waals surface area contributed by atoms with Crippen LogP contribution in [-0.2, 0) is 0 Å². The number of hydrogen-bond donors (Lipinski definition) is 2. The second-order valence-electron chi connectivity index (χ2n) is 5.08. The van der Waals surface area contributed by atoms with Gasteiger partial charge in [0.2, 0.25) is 5.13 Å². The molecular formula is C16H15N5O2S. The molecule has 0 aliphatic carbocycles. The third-order valence-corrected chi connectivity index (χ3v) is 4.43. The van der Waals surface area contributed by atoms with E-state index in [1.807, 2.05) is 18.2 Å². The van der Waals surface area contributed by atoms with Gasteiger partial charge in [0.15, 0.2) is 0 Å². The predicted molar refractivity (Wildman–Crippen MR) is 91.3 cm³/mol. The van der Waals surface area contributed by atoms with E-state index < -0.39 is 5.91 Å². The van der Waals surface area contributed by atoms with Crippen molar-refractivity contribution in [1.82, 2.24) is 20.4 Å². The molecule has 0 fully saturated rings. The van der Waals surface area contributed by atoms with Crippen molar-refractivity contribution in [2.24, 2.45) is 0 Å². The van der Waals surface area contributed by atoms with Crippen LogP contribution in [0.1, 0.15) is 40.3 Å². The molecule has 3 aromatic rings. The Bertz CT molecular complexity index is 870. The molecule has 1 aromatic carbocycles. The Labute approximate surface area is 141 Å². The Morgan fingerprint density at radius 1 is 1.21 bits per heavy atom. The zero-order chi connectivity index (χ0) is 16.9. The molecule has 0 radical (unpaired) electrons. The van der Waals surface area contributed by atoms with Gasteiger partial charge in [-0.25, -0.2) is 5.10 Å². The summed E-state index contributed by atoms with van der Waals surface area (Å²) in [5.41, 5.74) is 0.913. The van der Waals surface area contributed by atoms with Crippen molar-refractivity contribution in [3.63, 3.8) is 0 Å². The van der Waals surface area contributed by atoms with Crippen LogP contribution in [0.2, 0.25) is 0 Å². The van der Waals surface area contributed by atoms with E-state index in [1.54, 1.807) is 0 Å². The molecule has 1 atom stereocenters. The zero-order valence-electron chi connectivity index (χ0n) is 12.9. The Morgan fingerprint density at radius 2 is 2.00 bits per heavy atom. The number of carbonyl (C=O) groups excluding carboxylic acids is 1. The summed E-state index contributed by atoms with van der Waals surface area (Å²) in [6, 6.07) is 12.7. The summed E-state index contributed by atoms with van der Waals surface area (Å²) < 4.78 is 0. The van der Waals surface area contributed by atoms with Gasteiger partial charge < -0.3 is 0 Å². The highest BCUT2D eigenvalue weighted by Crippen LogP contribution is 2.31. The fourth-order valence-corrected chi connectivity index (χ4v) is 3.25. The van der Waals surface area contributed by atoms with E-state index in [0.29, 0.717) is 5.13 Å². The molecule has 0 spiro atoms. The topological polar surface area (TPSA) is 101 Å². The van der Waals surface area contributed by atoms with E-state index in [0.717, 1.165) is 17.0 Å². The summed E-state index contributed by atoms with van der Waals surface area (Å²) in [6.45, 7) is 2.08. The largest absolute Gasteiger partial charge is 0.295 e. The molecule has 0 aliphatic heterocycles. The number of benzene rings is 1. The Morgan fingerprint density at radius 3 is 2.67 bits per heavy atom. The quantitative estimate of drug-likeness (QED) is 0.742. The maximum absolute atomic E-state index is 12.1. The lowest BCUT2D eigenvalue weighted by Gasteiger charge is -2.10. The molecule has 0 saturated carbocycles. The van der Waals surface area contributed by atoms with Crippen molar-refractivity contribution in [3.05, 3.63) is 69.1 Å². The van der Waals surface area contributed by atoms with Gasteiger partial charge in [-0.3, -0.25) is 14.9 Å². The summed E-state index contributed by atoms with van der Waals surface area (Å²) in [5.74, 6) is -0.303. The summed E-state index contributed by atoms with van der Waals surface area (Å²) >= 11 is 1.33. The third kappa shape index (κ3) is 3.54. The molecule has 2 heterocycles. The Balaban J connectivity index is 1.76. The first kappa shape index (κ1) is 16.0. The molecule has 1 amide bonds. The minimum atomic E-state index is -0.443. The van der Waals surface area contributed by atoms with Gasteiger partial charge in [0.1, 0.15) is 10.7 Å². The molecule has 3 rings (SSSR count). The normalized spacial score (nSPS) is 11.9. The summed E-state index contributed by atoms with van der Waals surface area (Å²) in [5, 5.41) is 18.0. The van der Waals surface area contributed by atoms with Gasteiger partial charge in [-0.2, -0.15) is 5.10 Å². The van der Waals surface area contributed by atoms with Gasteiger partial charge in [-0.05, 0) is 18.1 Å². The number of aromatic amines is 1. The van der Waals surface area contributed by atoms with Crippen LogP contribution in [-0.4, -0.2) is 26.3 Å². The van der Waals surface area contributed by atoms with Crippen molar-refractivity contribution in [2.45, 2.75) is 19.3 Å². The summed E-state index contributed by atoms with van der Waals surface area (Å²) in [7, 11) is 0. The van der Waals surface area contributed by atoms with Crippen LogP contribution in [0.5, 0.6) is 0 Å². The lowest BCUT2D eigenvalue weighted by molar-refractivity contribution is 0.102. The van der Waals surface area contributed by atoms with E-state index in [4.69, 9.17) is 0 Å². The molecule has 2 aromatic heterocycles. The van der Waals surface area contributed by atoms with Crippen LogP contribution in [0.4, 0.5) is 5.13 Å². The second kappa shape index (κ2) is 7.14. The zero-order valence-corrected chi connectivity index (χ0v) is 13.7. The molecule has 0 bridgehead atoms. The van der Waals surface area contributed by atoms with E-state index in [-0.39, 0.29) is 17.2 Å². The van der Waals surface area contributed by atoms with Gasteiger partial charge >= 0.3 is 0 Å². The molecule has 0 unspecified atom stereocenters. The maximum Gasteiger partial charge on any atom is 0.277 e. The highest BCUT2D eigenvalue weighted by molar-refractivity contribution is 7.15.